The molecule has 4 heterocycles. The van der Waals surface area contributed by atoms with Crippen molar-refractivity contribution in [3.8, 4) is 11.5 Å². The second-order valence-electron chi connectivity index (χ2n) is 11.3. The van der Waals surface area contributed by atoms with Gasteiger partial charge in [-0.15, -0.1) is 10.2 Å². The molecule has 13 nitrogen and oxygen atoms in total. The number of ether oxygens (including phenoxy) is 1. The van der Waals surface area contributed by atoms with Crippen LogP contribution in [0.5, 0.6) is 0 Å². The Balaban J connectivity index is 0.00000216. The van der Waals surface area contributed by atoms with Gasteiger partial charge in [0.2, 0.25) is 17.7 Å². The molecule has 2 amide bonds. The predicted molar refractivity (Wildman–Crippen MR) is 160 cm³/mol. The van der Waals surface area contributed by atoms with Crippen LogP contribution in [0.15, 0.2) is 47.1 Å². The van der Waals surface area contributed by atoms with Gasteiger partial charge in [0.1, 0.15) is 11.1 Å². The fourth-order valence-electron chi connectivity index (χ4n) is 4.80. The summed E-state index contributed by atoms with van der Waals surface area (Å²) in [4.78, 5) is 31.6. The Morgan fingerprint density at radius 2 is 1.91 bits per heavy atom. The van der Waals surface area contributed by atoms with Gasteiger partial charge in [0.25, 0.3) is 0 Å². The lowest BCUT2D eigenvalue weighted by molar-refractivity contribution is -0.122. The Bertz CT molecular complexity index is 1500. The van der Waals surface area contributed by atoms with Gasteiger partial charge >= 0.3 is 6.09 Å². The van der Waals surface area contributed by atoms with Crippen molar-refractivity contribution in [2.24, 2.45) is 11.6 Å². The van der Waals surface area contributed by atoms with E-state index in [1.54, 1.807) is 41.6 Å². The lowest BCUT2D eigenvalue weighted by Gasteiger charge is -2.44. The molecule has 0 atom stereocenters. The molecule has 1 saturated heterocycles. The number of hydrazine groups is 1. The normalized spacial score (nSPS) is 15.8. The third kappa shape index (κ3) is 7.40. The highest BCUT2D eigenvalue weighted by Gasteiger charge is 2.45. The molecule has 0 radical (unpaired) electrons. The average Bonchev–Trinajstić information content (AvgIpc) is 3.48. The number of benzene rings is 1. The van der Waals surface area contributed by atoms with E-state index in [1.165, 1.54) is 5.01 Å². The first kappa shape index (κ1) is 32.1. The van der Waals surface area contributed by atoms with E-state index < -0.39 is 17.8 Å². The Hall–Kier alpha value is -4.79. The summed E-state index contributed by atoms with van der Waals surface area (Å²) in [7, 11) is 0.500. The van der Waals surface area contributed by atoms with Crippen LogP contribution in [0.3, 0.4) is 0 Å². The zero-order valence-corrected chi connectivity index (χ0v) is 25.1. The number of aromatic nitrogens is 3. The highest BCUT2D eigenvalue weighted by molar-refractivity contribution is 6.06. The van der Waals surface area contributed by atoms with Crippen molar-refractivity contribution >= 4 is 29.1 Å². The summed E-state index contributed by atoms with van der Waals surface area (Å²) in [5.74, 6) is 6.15. The monoisotopic (exact) mass is 613 g/mol. The lowest BCUT2D eigenvalue weighted by Crippen LogP contribution is -2.59. The quantitative estimate of drug-likeness (QED) is 0.234. The van der Waals surface area contributed by atoms with Gasteiger partial charge in [-0.25, -0.2) is 15.0 Å². The minimum Gasteiger partial charge on any atom is -0.444 e. The van der Waals surface area contributed by atoms with Gasteiger partial charge in [-0.3, -0.25) is 14.2 Å². The molecule has 0 bridgehead atoms. The summed E-state index contributed by atoms with van der Waals surface area (Å²) in [6.07, 6.45) is 3.62. The third-order valence-electron chi connectivity index (χ3n) is 6.98. The first-order chi connectivity index (χ1) is 20.9. The van der Waals surface area contributed by atoms with Gasteiger partial charge < -0.3 is 35.4 Å². The van der Waals surface area contributed by atoms with Crippen molar-refractivity contribution in [2.75, 3.05) is 30.9 Å². The van der Waals surface area contributed by atoms with Crippen LogP contribution in [-0.4, -0.2) is 68.5 Å². The molecular weight excluding hydrogens is 576 g/mol. The number of pyridine rings is 1. The van der Waals surface area contributed by atoms with Crippen molar-refractivity contribution in [1.29, 1.82) is 0 Å². The van der Waals surface area contributed by atoms with E-state index in [9.17, 15) is 18.4 Å². The van der Waals surface area contributed by atoms with E-state index in [4.69, 9.17) is 20.7 Å². The van der Waals surface area contributed by atoms with Crippen molar-refractivity contribution in [3.63, 3.8) is 0 Å². The number of rotatable bonds is 6. The van der Waals surface area contributed by atoms with Crippen LogP contribution in [-0.2, 0) is 22.8 Å². The Kier molecular flexibility index (Phi) is 9.67. The molecule has 2 aliphatic rings. The van der Waals surface area contributed by atoms with Gasteiger partial charge in [-0.05, 0) is 57.9 Å². The van der Waals surface area contributed by atoms with Gasteiger partial charge in [0.05, 0.1) is 42.1 Å². The van der Waals surface area contributed by atoms with E-state index in [1.807, 2.05) is 26.8 Å². The van der Waals surface area contributed by atoms with Crippen LogP contribution in [0.2, 0.25) is 0 Å². The number of carbonyl (C=O) groups is 2. The second-order valence-corrected chi connectivity index (χ2v) is 11.3. The summed E-state index contributed by atoms with van der Waals surface area (Å²) in [5.41, 5.74) is 8.65. The molecule has 15 heteroatoms. The number of hydrogen-bond donors (Lipinski definition) is 4. The van der Waals surface area contributed by atoms with Crippen molar-refractivity contribution < 1.29 is 27.5 Å². The van der Waals surface area contributed by atoms with Crippen LogP contribution >= 0.6 is 0 Å². The molecule has 2 aromatic heterocycles. The molecule has 1 spiro atoms. The topological polar surface area (TPSA) is 178 Å². The molecule has 236 valence electrons. The van der Waals surface area contributed by atoms with Crippen molar-refractivity contribution in [2.45, 2.75) is 58.0 Å². The molecule has 6 N–H and O–H groups in total. The fraction of sp³-hybridized carbons (Fsp3) is 0.414. The maximum Gasteiger partial charge on any atom is 0.410 e. The highest BCUT2D eigenvalue weighted by atomic mass is 19.1. The SMILES string of the molecule is CC(C)(C)OC(=O)N1CCC2(CC1)Nc1cc(/C(N)=C/N(N)Cc3ccc(-c4nnc(CF)o4)cn3)ccc1NC2=O.CF. The number of piperidine rings is 1. The number of fused-ring (bicyclic) bond motifs is 1. The molecule has 0 aliphatic carbocycles. The molecule has 0 unspecified atom stereocenters. The first-order valence-electron chi connectivity index (χ1n) is 13.9. The second kappa shape index (κ2) is 13.2. The number of amides is 2. The number of alkyl halides is 2. The summed E-state index contributed by atoms with van der Waals surface area (Å²) in [6, 6.07) is 8.92. The van der Waals surface area contributed by atoms with Gasteiger partial charge in [-0.2, -0.15) is 0 Å². The van der Waals surface area contributed by atoms with E-state index >= 15 is 0 Å². The maximum absolute atomic E-state index is 13.1. The molecule has 0 saturated carbocycles. The van der Waals surface area contributed by atoms with Crippen LogP contribution in [0, 0.1) is 0 Å². The van der Waals surface area contributed by atoms with Gasteiger partial charge in [0.15, 0.2) is 6.67 Å². The van der Waals surface area contributed by atoms with Crippen molar-refractivity contribution in [3.05, 3.63) is 59.9 Å². The Morgan fingerprint density at radius 1 is 1.18 bits per heavy atom. The number of halogens is 2. The Morgan fingerprint density at radius 3 is 2.52 bits per heavy atom. The van der Waals surface area contributed by atoms with E-state index in [0.717, 1.165) is 5.69 Å². The average molecular weight is 614 g/mol. The number of nitrogens with zero attached hydrogens (tertiary/aromatic N) is 5. The van der Waals surface area contributed by atoms with Gasteiger partial charge in [0, 0.05) is 31.0 Å². The van der Waals surface area contributed by atoms with Crippen LogP contribution in [0.4, 0.5) is 25.0 Å². The lowest BCUT2D eigenvalue weighted by atomic mass is 9.84. The molecule has 1 fully saturated rings. The van der Waals surface area contributed by atoms with Crippen molar-refractivity contribution in [1.82, 2.24) is 25.1 Å². The standard InChI is InChI=1S/C28H34FN9O4.CH3F/c1-27(2,3)42-26(40)37-10-8-28(9-11-37)25(39)33-21-7-5-17(12-22(21)34-28)20(30)16-38(31)15-19-6-4-18(14-32-19)24-36-35-23(13-29)41-24;1-2/h4-7,12,14,16,34H,8-11,13,15,30-31H2,1-3H3,(H,33,39);1H3/b20-16-;. The molecule has 44 heavy (non-hydrogen) atoms. The number of likely N-dealkylation sites (tertiary alicyclic amines) is 1. The van der Waals surface area contributed by atoms with Crippen LogP contribution in [0.1, 0.15) is 50.8 Å². The van der Waals surface area contributed by atoms with Gasteiger partial charge in [-0.1, -0.05) is 6.07 Å². The number of nitrogens with two attached hydrogens (primary N) is 2. The number of nitrogens with one attached hydrogen (secondary N) is 2. The molecule has 1 aromatic carbocycles. The number of hydrogen-bond acceptors (Lipinski definition) is 11. The number of carbonyl (C=O) groups excluding carboxylic acids is 2. The van der Waals surface area contributed by atoms with E-state index in [-0.39, 0.29) is 30.3 Å². The maximum atomic E-state index is 13.1. The summed E-state index contributed by atoms with van der Waals surface area (Å²) < 4.78 is 32.9. The summed E-state index contributed by atoms with van der Waals surface area (Å²) in [6.45, 7) is 5.67. The molecule has 2 aliphatic heterocycles. The highest BCUT2D eigenvalue weighted by Crippen LogP contribution is 2.38. The molecule has 3 aromatic rings. The minimum atomic E-state index is -0.852. The van der Waals surface area contributed by atoms with E-state index in [0.29, 0.717) is 61.3 Å². The minimum absolute atomic E-state index is 0.0960. The van der Waals surface area contributed by atoms with E-state index in [2.05, 4.69) is 25.8 Å². The zero-order chi connectivity index (χ0) is 32.1. The fourth-order valence-corrected chi connectivity index (χ4v) is 4.80. The smallest absolute Gasteiger partial charge is 0.410 e. The molecular formula is C29H37F2N9O4. The predicted octanol–water partition coefficient (Wildman–Crippen LogP) is 3.95. The van der Waals surface area contributed by atoms with Crippen LogP contribution < -0.4 is 22.2 Å². The number of anilines is 2. The Labute approximate surface area is 253 Å². The first-order valence-corrected chi connectivity index (χ1v) is 13.9. The summed E-state index contributed by atoms with van der Waals surface area (Å²) >= 11 is 0. The zero-order valence-electron chi connectivity index (χ0n) is 25.1. The third-order valence-corrected chi connectivity index (χ3v) is 6.98. The summed E-state index contributed by atoms with van der Waals surface area (Å²) in [5, 5.41) is 15.2. The largest absolute Gasteiger partial charge is 0.444 e. The molecule has 5 rings (SSSR count). The van der Waals surface area contributed by atoms with Crippen LogP contribution in [0.25, 0.3) is 17.2 Å².